The van der Waals surface area contributed by atoms with E-state index in [1.807, 2.05) is 20.8 Å². The number of rotatable bonds is 8. The van der Waals surface area contributed by atoms with Crippen LogP contribution in [0.4, 0.5) is 5.69 Å². The molecule has 1 amide bonds. The summed E-state index contributed by atoms with van der Waals surface area (Å²) in [6, 6.07) is 13.4. The number of ketones is 1. The van der Waals surface area contributed by atoms with Gasteiger partial charge in [0, 0.05) is 24.1 Å². The van der Waals surface area contributed by atoms with E-state index in [9.17, 15) is 19.6 Å². The van der Waals surface area contributed by atoms with Crippen molar-refractivity contribution < 1.29 is 33.3 Å². The molecule has 1 atom stereocenters. The number of nitrogens with one attached hydrogen (secondary N) is 1. The van der Waals surface area contributed by atoms with Gasteiger partial charge in [0.05, 0.1) is 25.2 Å². The number of esters is 1. The highest BCUT2D eigenvalue weighted by atomic mass is 16.5. The van der Waals surface area contributed by atoms with Crippen LogP contribution in [0.15, 0.2) is 65.3 Å². The Labute approximate surface area is 232 Å². The fraction of sp³-hybridized carbons (Fsp3) is 0.333. The van der Waals surface area contributed by atoms with Crippen molar-refractivity contribution in [2.45, 2.75) is 39.5 Å². The van der Waals surface area contributed by atoms with Gasteiger partial charge in [-0.15, -0.1) is 0 Å². The molecule has 40 heavy (non-hydrogen) atoms. The molecule has 1 heterocycles. The van der Waals surface area contributed by atoms with Crippen LogP contribution in [0.3, 0.4) is 0 Å². The SMILES string of the molecule is CCOc1cc([C@@H]2C(C#N)=C(N)OC3=C2C(=O)CC(C)(C)C3)ccc1OCC(=O)Nc1ccc(C(=O)OC)cc1. The number of nitriles is 1. The van der Waals surface area contributed by atoms with Crippen LogP contribution in [0.1, 0.15) is 55.5 Å². The number of carbonyl (C=O) groups excluding carboxylic acids is 3. The Morgan fingerprint density at radius 3 is 2.50 bits per heavy atom. The van der Waals surface area contributed by atoms with Gasteiger partial charge in [0.1, 0.15) is 17.4 Å². The lowest BCUT2D eigenvalue weighted by molar-refractivity contribution is -0.119. The lowest BCUT2D eigenvalue weighted by Crippen LogP contribution is -2.33. The first-order chi connectivity index (χ1) is 19.1. The van der Waals surface area contributed by atoms with Crippen LogP contribution in [0.25, 0.3) is 0 Å². The number of ether oxygens (including phenoxy) is 4. The van der Waals surface area contributed by atoms with E-state index in [-0.39, 0.29) is 29.3 Å². The molecule has 0 aromatic heterocycles. The Balaban J connectivity index is 1.56. The molecule has 4 rings (SSSR count). The standard InChI is InChI=1S/C30H31N3O7/c1-5-38-23-12-18(26-20(15-31)28(32)40-24-14-30(2,3)13-21(34)27(24)26)8-11-22(23)39-16-25(35)33-19-9-6-17(7-10-19)29(36)37-4/h6-12,26H,5,13-14,16,32H2,1-4H3,(H,33,35)/t26-/m1/s1. The van der Waals surface area contributed by atoms with E-state index in [4.69, 9.17) is 19.9 Å². The fourth-order valence-corrected chi connectivity index (χ4v) is 4.86. The fourth-order valence-electron chi connectivity index (χ4n) is 4.86. The number of benzene rings is 2. The molecule has 208 valence electrons. The molecule has 0 spiro atoms. The molecule has 0 saturated heterocycles. The third-order valence-corrected chi connectivity index (χ3v) is 6.62. The van der Waals surface area contributed by atoms with Gasteiger partial charge in [0.25, 0.3) is 5.91 Å². The Kier molecular flexibility index (Phi) is 8.14. The highest BCUT2D eigenvalue weighted by Gasteiger charge is 2.43. The van der Waals surface area contributed by atoms with Crippen molar-refractivity contribution in [3.63, 3.8) is 0 Å². The first kappa shape index (κ1) is 28.2. The number of anilines is 1. The van der Waals surface area contributed by atoms with Crippen molar-refractivity contribution in [3.8, 4) is 17.6 Å². The maximum atomic E-state index is 13.2. The van der Waals surface area contributed by atoms with E-state index in [0.717, 1.165) is 0 Å². The first-order valence-electron chi connectivity index (χ1n) is 12.8. The van der Waals surface area contributed by atoms with Crippen molar-refractivity contribution in [1.29, 1.82) is 5.26 Å². The third kappa shape index (κ3) is 5.94. The number of nitrogens with zero attached hydrogens (tertiary/aromatic N) is 1. The van der Waals surface area contributed by atoms with Gasteiger partial charge in [-0.3, -0.25) is 9.59 Å². The average molecular weight is 546 g/mol. The molecule has 0 unspecified atom stereocenters. The molecule has 10 nitrogen and oxygen atoms in total. The summed E-state index contributed by atoms with van der Waals surface area (Å²) in [6.45, 7) is 5.78. The molecule has 1 aliphatic heterocycles. The van der Waals surface area contributed by atoms with E-state index < -0.39 is 17.8 Å². The summed E-state index contributed by atoms with van der Waals surface area (Å²) in [5.41, 5.74) is 7.89. The normalized spacial score (nSPS) is 17.8. The largest absolute Gasteiger partial charge is 0.490 e. The predicted molar refractivity (Wildman–Crippen MR) is 145 cm³/mol. The van der Waals surface area contributed by atoms with Crippen LogP contribution < -0.4 is 20.5 Å². The molecule has 2 aromatic carbocycles. The van der Waals surface area contributed by atoms with Gasteiger partial charge in [-0.25, -0.2) is 4.79 Å². The molecule has 1 aliphatic carbocycles. The summed E-state index contributed by atoms with van der Waals surface area (Å²) in [7, 11) is 1.29. The predicted octanol–water partition coefficient (Wildman–Crippen LogP) is 4.34. The lowest BCUT2D eigenvalue weighted by Gasteiger charge is -2.37. The molecule has 2 aliphatic rings. The summed E-state index contributed by atoms with van der Waals surface area (Å²) in [5, 5.41) is 12.6. The van der Waals surface area contributed by atoms with Gasteiger partial charge in [-0.1, -0.05) is 19.9 Å². The smallest absolute Gasteiger partial charge is 0.337 e. The Hall–Kier alpha value is -4.78. The number of amides is 1. The number of carbonyl (C=O) groups is 3. The second kappa shape index (κ2) is 11.5. The zero-order valence-corrected chi connectivity index (χ0v) is 22.8. The topological polar surface area (TPSA) is 150 Å². The van der Waals surface area contributed by atoms with Gasteiger partial charge in [-0.05, 0) is 54.3 Å². The maximum absolute atomic E-state index is 13.2. The quantitative estimate of drug-likeness (QED) is 0.462. The number of allylic oxidation sites excluding steroid dienone is 3. The van der Waals surface area contributed by atoms with Crippen molar-refractivity contribution in [1.82, 2.24) is 0 Å². The molecule has 0 bridgehead atoms. The van der Waals surface area contributed by atoms with E-state index >= 15 is 0 Å². The van der Waals surface area contributed by atoms with E-state index in [1.165, 1.54) is 7.11 Å². The van der Waals surface area contributed by atoms with Gasteiger partial charge in [-0.2, -0.15) is 5.26 Å². The summed E-state index contributed by atoms with van der Waals surface area (Å²) in [6.07, 6.45) is 0.842. The second-order valence-corrected chi connectivity index (χ2v) is 10.2. The van der Waals surface area contributed by atoms with Crippen molar-refractivity contribution in [2.24, 2.45) is 11.1 Å². The van der Waals surface area contributed by atoms with E-state index in [2.05, 4.69) is 16.1 Å². The monoisotopic (exact) mass is 545 g/mol. The van der Waals surface area contributed by atoms with Crippen molar-refractivity contribution in [2.75, 3.05) is 25.6 Å². The summed E-state index contributed by atoms with van der Waals surface area (Å²) in [4.78, 5) is 37.3. The molecular formula is C30H31N3O7. The van der Waals surface area contributed by atoms with Gasteiger partial charge in [0.2, 0.25) is 5.88 Å². The average Bonchev–Trinajstić information content (AvgIpc) is 2.91. The highest BCUT2D eigenvalue weighted by Crippen LogP contribution is 2.48. The molecule has 10 heteroatoms. The van der Waals surface area contributed by atoms with E-state index in [1.54, 1.807) is 42.5 Å². The second-order valence-electron chi connectivity index (χ2n) is 10.2. The minimum Gasteiger partial charge on any atom is -0.490 e. The Bertz CT molecular complexity index is 1450. The molecule has 3 N–H and O–H groups in total. The number of nitrogens with two attached hydrogens (primary N) is 1. The zero-order valence-electron chi connectivity index (χ0n) is 22.8. The molecular weight excluding hydrogens is 514 g/mol. The lowest BCUT2D eigenvalue weighted by atomic mass is 9.70. The zero-order chi connectivity index (χ0) is 29.0. The maximum Gasteiger partial charge on any atom is 0.337 e. The number of hydrogen-bond donors (Lipinski definition) is 2. The summed E-state index contributed by atoms with van der Waals surface area (Å²) < 4.78 is 22.0. The highest BCUT2D eigenvalue weighted by molar-refractivity contribution is 6.00. The Morgan fingerprint density at radius 1 is 1.12 bits per heavy atom. The molecule has 0 saturated carbocycles. The number of Topliss-reactive ketones (excluding diaryl/α,β-unsaturated/α-hetero) is 1. The number of hydrogen-bond acceptors (Lipinski definition) is 9. The summed E-state index contributed by atoms with van der Waals surface area (Å²) in [5.74, 6) is -0.567. The molecule has 2 aromatic rings. The van der Waals surface area contributed by atoms with Crippen LogP contribution in [0, 0.1) is 16.7 Å². The minimum absolute atomic E-state index is 0.0219. The molecule has 0 fully saturated rings. The first-order valence-corrected chi connectivity index (χ1v) is 12.8. The van der Waals surface area contributed by atoms with Crippen molar-refractivity contribution >= 4 is 23.3 Å². The Morgan fingerprint density at radius 2 is 1.85 bits per heavy atom. The van der Waals surface area contributed by atoms with Crippen LogP contribution in [-0.4, -0.2) is 38.0 Å². The number of methoxy groups -OCH3 is 1. The third-order valence-electron chi connectivity index (χ3n) is 6.62. The van der Waals surface area contributed by atoms with Crippen LogP contribution in [0.2, 0.25) is 0 Å². The minimum atomic E-state index is -0.707. The van der Waals surface area contributed by atoms with Gasteiger partial charge < -0.3 is 30.0 Å². The van der Waals surface area contributed by atoms with Crippen LogP contribution in [-0.2, 0) is 19.1 Å². The van der Waals surface area contributed by atoms with Crippen LogP contribution >= 0.6 is 0 Å². The van der Waals surface area contributed by atoms with E-state index in [0.29, 0.717) is 59.1 Å². The molecule has 0 radical (unpaired) electrons. The van der Waals surface area contributed by atoms with Crippen LogP contribution in [0.5, 0.6) is 11.5 Å². The van der Waals surface area contributed by atoms with Crippen molar-refractivity contribution in [3.05, 3.63) is 76.4 Å². The summed E-state index contributed by atoms with van der Waals surface area (Å²) >= 11 is 0. The van der Waals surface area contributed by atoms with Gasteiger partial charge in [0.15, 0.2) is 23.9 Å². The van der Waals surface area contributed by atoms with Gasteiger partial charge >= 0.3 is 5.97 Å².